The van der Waals surface area contributed by atoms with Crippen LogP contribution in [0.4, 0.5) is 26.1 Å². The molecule has 4 rings (SSSR count). The molecule has 0 amide bonds. The molecule has 3 heterocycles. The van der Waals surface area contributed by atoms with Crippen molar-refractivity contribution in [1.29, 1.82) is 5.26 Å². The molecule has 220 valence electrons. The van der Waals surface area contributed by atoms with E-state index in [0.717, 1.165) is 16.8 Å². The number of hydrogen-bond acceptors (Lipinski definition) is 8. The van der Waals surface area contributed by atoms with Crippen molar-refractivity contribution >= 4 is 25.6 Å². The monoisotopic (exact) mass is 583 g/mol. The standard InChI is InChI=1S/C29H39F2N7O2Si/c1-28(2,3)41(6,7)40-18-29(4)17-34-26-20(14-32)12-19(13-21(26)29)22-8-10-33-27(36-22)37-23-15-35-38(16-25(30)31)24(23)9-11-39-5/h8,10,12-13,15,25,34H,9,11,16-18H2,1-7H3,(H,33,36,37)/t29-/m1/s1. The smallest absolute Gasteiger partial charge is 0.257 e. The third-order valence-corrected chi connectivity index (χ3v) is 12.6. The van der Waals surface area contributed by atoms with Gasteiger partial charge in [0.1, 0.15) is 12.6 Å². The minimum absolute atomic E-state index is 0.0849. The number of aromatic nitrogens is 4. The van der Waals surface area contributed by atoms with Gasteiger partial charge in [0.25, 0.3) is 6.43 Å². The quantitative estimate of drug-likeness (QED) is 0.260. The van der Waals surface area contributed by atoms with Crippen LogP contribution in [0.3, 0.4) is 0 Å². The van der Waals surface area contributed by atoms with Gasteiger partial charge in [0.15, 0.2) is 8.32 Å². The largest absolute Gasteiger partial charge is 0.416 e. The average molecular weight is 584 g/mol. The van der Waals surface area contributed by atoms with E-state index in [4.69, 9.17) is 14.1 Å². The van der Waals surface area contributed by atoms with E-state index >= 15 is 0 Å². The Kier molecular flexibility index (Phi) is 8.82. The molecule has 0 spiro atoms. The van der Waals surface area contributed by atoms with Crippen LogP contribution in [-0.4, -0.2) is 61.4 Å². The number of fused-ring (bicyclic) bond motifs is 1. The fourth-order valence-corrected chi connectivity index (χ4v) is 5.69. The maximum atomic E-state index is 13.1. The number of hydrogen-bond donors (Lipinski definition) is 2. The van der Waals surface area contributed by atoms with Gasteiger partial charge in [-0.3, -0.25) is 4.68 Å². The molecule has 0 radical (unpaired) electrons. The van der Waals surface area contributed by atoms with Crippen molar-refractivity contribution < 1.29 is 17.9 Å². The third-order valence-electron chi connectivity index (χ3n) is 8.12. The summed E-state index contributed by atoms with van der Waals surface area (Å²) in [4.78, 5) is 9.05. The molecule has 0 saturated heterocycles. The number of methoxy groups -OCH3 is 1. The van der Waals surface area contributed by atoms with Crippen molar-refractivity contribution in [2.45, 2.75) is 70.6 Å². The first-order valence-corrected chi connectivity index (χ1v) is 16.6. The van der Waals surface area contributed by atoms with Gasteiger partial charge < -0.3 is 19.8 Å². The summed E-state index contributed by atoms with van der Waals surface area (Å²) in [7, 11) is -0.428. The third kappa shape index (κ3) is 6.58. The molecule has 41 heavy (non-hydrogen) atoms. The van der Waals surface area contributed by atoms with Crippen LogP contribution in [0.25, 0.3) is 11.3 Å². The lowest BCUT2D eigenvalue weighted by atomic mass is 9.83. The lowest BCUT2D eigenvalue weighted by Gasteiger charge is -2.39. The van der Waals surface area contributed by atoms with Gasteiger partial charge in [0.2, 0.25) is 5.95 Å². The number of rotatable bonds is 11. The fraction of sp³-hybridized carbons (Fsp3) is 0.517. The van der Waals surface area contributed by atoms with Crippen LogP contribution < -0.4 is 10.6 Å². The first kappa shape index (κ1) is 30.6. The topological polar surface area (TPSA) is 110 Å². The molecule has 1 aliphatic heterocycles. The van der Waals surface area contributed by atoms with Crippen LogP contribution in [-0.2, 0) is 27.5 Å². The SMILES string of the molecule is COCCc1c(Nc2nccc(-c3cc(C#N)c4c(c3)[C@@](C)(CO[Si](C)(C)C(C)(C)C)CN4)n2)cnn1CC(F)F. The molecule has 9 nitrogen and oxygen atoms in total. The minimum Gasteiger partial charge on any atom is -0.416 e. The number of halogens is 2. The molecule has 2 N–H and O–H groups in total. The first-order valence-electron chi connectivity index (χ1n) is 13.7. The van der Waals surface area contributed by atoms with Crippen molar-refractivity contribution in [3.63, 3.8) is 0 Å². The van der Waals surface area contributed by atoms with Gasteiger partial charge in [0, 0.05) is 43.9 Å². The predicted octanol–water partition coefficient (Wildman–Crippen LogP) is 6.11. The zero-order valence-electron chi connectivity index (χ0n) is 24.8. The molecule has 0 unspecified atom stereocenters. The van der Waals surface area contributed by atoms with E-state index in [9.17, 15) is 14.0 Å². The maximum Gasteiger partial charge on any atom is 0.257 e. The van der Waals surface area contributed by atoms with Crippen molar-refractivity contribution in [3.05, 3.63) is 47.4 Å². The van der Waals surface area contributed by atoms with E-state index in [1.165, 1.54) is 10.9 Å². The highest BCUT2D eigenvalue weighted by molar-refractivity contribution is 6.74. The highest BCUT2D eigenvalue weighted by Crippen LogP contribution is 2.44. The predicted molar refractivity (Wildman–Crippen MR) is 158 cm³/mol. The summed E-state index contributed by atoms with van der Waals surface area (Å²) in [5.41, 5.74) is 4.58. The number of nitrogens with one attached hydrogen (secondary N) is 2. The van der Waals surface area contributed by atoms with E-state index in [2.05, 4.69) is 73.6 Å². The summed E-state index contributed by atoms with van der Waals surface area (Å²) < 4.78 is 39.3. The van der Waals surface area contributed by atoms with Crippen LogP contribution >= 0.6 is 0 Å². The minimum atomic E-state index is -2.54. The molecule has 3 aromatic rings. The Morgan fingerprint density at radius 3 is 2.71 bits per heavy atom. The zero-order valence-corrected chi connectivity index (χ0v) is 25.8. The van der Waals surface area contributed by atoms with Gasteiger partial charge in [-0.1, -0.05) is 27.7 Å². The Hall–Kier alpha value is -3.40. The Bertz CT molecular complexity index is 1430. The second-order valence-electron chi connectivity index (χ2n) is 12.2. The number of benzene rings is 1. The van der Waals surface area contributed by atoms with E-state index in [1.54, 1.807) is 19.4 Å². The molecule has 1 atom stereocenters. The number of nitrogens with zero attached hydrogens (tertiary/aromatic N) is 5. The lowest BCUT2D eigenvalue weighted by Crippen LogP contribution is -2.45. The lowest BCUT2D eigenvalue weighted by molar-refractivity contribution is 0.119. The summed E-state index contributed by atoms with van der Waals surface area (Å²) in [5, 5.41) is 20.8. The molecular formula is C29H39F2N7O2Si. The van der Waals surface area contributed by atoms with E-state index in [-0.39, 0.29) is 10.5 Å². The summed E-state index contributed by atoms with van der Waals surface area (Å²) >= 11 is 0. The molecule has 12 heteroatoms. The maximum absolute atomic E-state index is 13.1. The van der Waals surface area contributed by atoms with E-state index < -0.39 is 21.3 Å². The molecule has 1 aromatic carbocycles. The van der Waals surface area contributed by atoms with Crippen molar-refractivity contribution in [1.82, 2.24) is 19.7 Å². The van der Waals surface area contributed by atoms with Crippen LogP contribution in [0.15, 0.2) is 30.6 Å². The summed E-state index contributed by atoms with van der Waals surface area (Å²) in [5.74, 6) is 0.291. The van der Waals surface area contributed by atoms with Gasteiger partial charge in [-0.15, -0.1) is 0 Å². The molecule has 0 saturated carbocycles. The van der Waals surface area contributed by atoms with Gasteiger partial charge >= 0.3 is 0 Å². The van der Waals surface area contributed by atoms with Crippen molar-refractivity contribution in [2.24, 2.45) is 0 Å². The fourth-order valence-electron chi connectivity index (χ4n) is 4.57. The normalized spacial score (nSPS) is 16.9. The molecule has 2 aromatic heterocycles. The Morgan fingerprint density at radius 2 is 2.05 bits per heavy atom. The van der Waals surface area contributed by atoms with Gasteiger partial charge in [-0.05, 0) is 41.9 Å². The second-order valence-corrected chi connectivity index (χ2v) is 17.0. The zero-order chi connectivity index (χ0) is 30.0. The summed E-state index contributed by atoms with van der Waals surface area (Å²) in [6.07, 6.45) is 0.974. The van der Waals surface area contributed by atoms with Gasteiger partial charge in [-0.25, -0.2) is 18.7 Å². The number of nitriles is 1. The molecule has 0 bridgehead atoms. The van der Waals surface area contributed by atoms with E-state index in [0.29, 0.717) is 54.8 Å². The molecule has 0 aliphatic carbocycles. The Balaban J connectivity index is 1.65. The van der Waals surface area contributed by atoms with Crippen molar-refractivity contribution in [2.75, 3.05) is 37.5 Å². The highest BCUT2D eigenvalue weighted by atomic mass is 28.4. The molecule has 0 fully saturated rings. The first-order chi connectivity index (χ1) is 19.3. The van der Waals surface area contributed by atoms with Crippen molar-refractivity contribution in [3.8, 4) is 17.3 Å². The number of alkyl halides is 2. The molecular weight excluding hydrogens is 544 g/mol. The Labute approximate surface area is 241 Å². The number of anilines is 3. The van der Waals surface area contributed by atoms with Crippen LogP contribution in [0, 0.1) is 11.3 Å². The van der Waals surface area contributed by atoms with Gasteiger partial charge in [0.05, 0.1) is 41.1 Å². The van der Waals surface area contributed by atoms with Crippen LogP contribution in [0.2, 0.25) is 18.1 Å². The van der Waals surface area contributed by atoms with Crippen LogP contribution in [0.5, 0.6) is 0 Å². The van der Waals surface area contributed by atoms with Crippen LogP contribution in [0.1, 0.15) is 44.5 Å². The highest BCUT2D eigenvalue weighted by Gasteiger charge is 2.42. The summed E-state index contributed by atoms with van der Waals surface area (Å²) in [6.45, 7) is 14.4. The van der Waals surface area contributed by atoms with E-state index in [1.807, 2.05) is 6.07 Å². The number of ether oxygens (including phenoxy) is 1. The molecule has 1 aliphatic rings. The Morgan fingerprint density at radius 1 is 1.29 bits per heavy atom. The second kappa shape index (κ2) is 11.8. The van der Waals surface area contributed by atoms with Gasteiger partial charge in [-0.2, -0.15) is 10.4 Å². The average Bonchev–Trinajstić information content (AvgIpc) is 3.45. The summed E-state index contributed by atoms with van der Waals surface area (Å²) in [6, 6.07) is 8.01.